The number of ether oxygens (including phenoxy) is 1. The van der Waals surface area contributed by atoms with E-state index in [0.29, 0.717) is 6.10 Å². The van der Waals surface area contributed by atoms with Gasteiger partial charge in [-0.1, -0.05) is 0 Å². The lowest BCUT2D eigenvalue weighted by molar-refractivity contribution is 0.0514. The van der Waals surface area contributed by atoms with Gasteiger partial charge in [-0.15, -0.1) is 0 Å². The Hall–Kier alpha value is -0.160. The average Bonchev–Trinajstić information content (AvgIpc) is 3.10. The summed E-state index contributed by atoms with van der Waals surface area (Å²) in [5, 5.41) is 0. The van der Waals surface area contributed by atoms with Gasteiger partial charge in [-0.3, -0.25) is 4.90 Å². The van der Waals surface area contributed by atoms with Crippen LogP contribution in [0.25, 0.3) is 0 Å². The standard InChI is InChI=1S/C15H29N3O/c16-10-13-3-8-18(11-13)14-4-6-17(7-5-14)12-15-2-1-9-19-15/h13-15H,1-12,16H2. The van der Waals surface area contributed by atoms with Crippen molar-refractivity contribution in [1.29, 1.82) is 0 Å². The third-order valence-corrected chi connectivity index (χ3v) is 5.21. The van der Waals surface area contributed by atoms with E-state index in [4.69, 9.17) is 10.5 Å². The van der Waals surface area contributed by atoms with Crippen LogP contribution in [0.2, 0.25) is 0 Å². The van der Waals surface area contributed by atoms with Crippen LogP contribution in [0.1, 0.15) is 32.1 Å². The summed E-state index contributed by atoms with van der Waals surface area (Å²) in [6.45, 7) is 8.05. The van der Waals surface area contributed by atoms with Crippen molar-refractivity contribution in [2.75, 3.05) is 45.9 Å². The molecule has 0 aromatic rings. The molecule has 2 N–H and O–H groups in total. The van der Waals surface area contributed by atoms with Crippen molar-refractivity contribution in [2.45, 2.75) is 44.2 Å². The van der Waals surface area contributed by atoms with Gasteiger partial charge in [-0.05, 0) is 64.2 Å². The van der Waals surface area contributed by atoms with Crippen molar-refractivity contribution in [3.05, 3.63) is 0 Å². The maximum Gasteiger partial charge on any atom is 0.0702 e. The summed E-state index contributed by atoms with van der Waals surface area (Å²) >= 11 is 0. The van der Waals surface area contributed by atoms with Gasteiger partial charge in [0.05, 0.1) is 6.10 Å². The Labute approximate surface area is 117 Å². The van der Waals surface area contributed by atoms with Crippen LogP contribution < -0.4 is 5.73 Å². The number of hydrogen-bond donors (Lipinski definition) is 1. The number of hydrogen-bond acceptors (Lipinski definition) is 4. The van der Waals surface area contributed by atoms with Gasteiger partial charge in [0.25, 0.3) is 0 Å². The predicted molar refractivity (Wildman–Crippen MR) is 77.2 cm³/mol. The maximum absolute atomic E-state index is 5.79. The lowest BCUT2D eigenvalue weighted by Gasteiger charge is -2.37. The summed E-state index contributed by atoms with van der Waals surface area (Å²) in [5.41, 5.74) is 5.79. The molecule has 3 heterocycles. The third kappa shape index (κ3) is 3.48. The number of likely N-dealkylation sites (tertiary alicyclic amines) is 2. The molecule has 0 spiro atoms. The van der Waals surface area contributed by atoms with Crippen LogP contribution >= 0.6 is 0 Å². The van der Waals surface area contributed by atoms with Crippen molar-refractivity contribution in [3.8, 4) is 0 Å². The van der Waals surface area contributed by atoms with Crippen LogP contribution in [-0.4, -0.2) is 67.8 Å². The van der Waals surface area contributed by atoms with Crippen LogP contribution in [0.15, 0.2) is 0 Å². The molecule has 0 amide bonds. The van der Waals surface area contributed by atoms with Gasteiger partial charge < -0.3 is 15.4 Å². The molecule has 19 heavy (non-hydrogen) atoms. The molecule has 4 heteroatoms. The molecule has 3 aliphatic rings. The Balaban J connectivity index is 1.39. The lowest BCUT2D eigenvalue weighted by atomic mass is 10.0. The first-order valence-corrected chi connectivity index (χ1v) is 8.13. The van der Waals surface area contributed by atoms with E-state index in [0.717, 1.165) is 31.7 Å². The smallest absolute Gasteiger partial charge is 0.0702 e. The largest absolute Gasteiger partial charge is 0.377 e. The number of nitrogens with two attached hydrogens (primary N) is 1. The van der Waals surface area contributed by atoms with E-state index in [2.05, 4.69) is 9.80 Å². The zero-order valence-corrected chi connectivity index (χ0v) is 12.1. The molecule has 0 aromatic carbocycles. The third-order valence-electron chi connectivity index (χ3n) is 5.21. The van der Waals surface area contributed by atoms with Crippen molar-refractivity contribution < 1.29 is 4.74 Å². The molecule has 0 saturated carbocycles. The Morgan fingerprint density at radius 3 is 2.53 bits per heavy atom. The molecule has 0 aromatic heterocycles. The highest BCUT2D eigenvalue weighted by atomic mass is 16.5. The second kappa shape index (κ2) is 6.53. The first-order valence-electron chi connectivity index (χ1n) is 8.13. The maximum atomic E-state index is 5.79. The summed E-state index contributed by atoms with van der Waals surface area (Å²) in [7, 11) is 0. The topological polar surface area (TPSA) is 41.7 Å². The zero-order valence-electron chi connectivity index (χ0n) is 12.1. The van der Waals surface area contributed by atoms with Crippen molar-refractivity contribution in [2.24, 2.45) is 11.7 Å². The predicted octanol–water partition coefficient (Wildman–Crippen LogP) is 0.910. The molecular weight excluding hydrogens is 238 g/mol. The molecule has 3 rings (SSSR count). The molecule has 0 bridgehead atoms. The highest BCUT2D eigenvalue weighted by molar-refractivity contribution is 4.86. The molecule has 3 aliphatic heterocycles. The van der Waals surface area contributed by atoms with Crippen LogP contribution in [0.4, 0.5) is 0 Å². The Kier molecular flexibility index (Phi) is 4.74. The van der Waals surface area contributed by atoms with Crippen LogP contribution in [0.3, 0.4) is 0 Å². The summed E-state index contributed by atoms with van der Waals surface area (Å²) in [4.78, 5) is 5.31. The number of piperidine rings is 1. The quantitative estimate of drug-likeness (QED) is 0.822. The van der Waals surface area contributed by atoms with Crippen LogP contribution in [-0.2, 0) is 4.74 Å². The molecule has 2 atom stereocenters. The monoisotopic (exact) mass is 267 g/mol. The molecule has 2 unspecified atom stereocenters. The van der Waals surface area contributed by atoms with Crippen molar-refractivity contribution in [3.63, 3.8) is 0 Å². The summed E-state index contributed by atoms with van der Waals surface area (Å²) in [6, 6.07) is 0.817. The minimum Gasteiger partial charge on any atom is -0.377 e. The van der Waals surface area contributed by atoms with E-state index < -0.39 is 0 Å². The van der Waals surface area contributed by atoms with Gasteiger partial charge in [-0.25, -0.2) is 0 Å². The molecule has 4 nitrogen and oxygen atoms in total. The summed E-state index contributed by atoms with van der Waals surface area (Å²) in [5.74, 6) is 0.755. The highest BCUT2D eigenvalue weighted by Gasteiger charge is 2.30. The fraction of sp³-hybridized carbons (Fsp3) is 1.00. The molecule has 3 saturated heterocycles. The van der Waals surface area contributed by atoms with Gasteiger partial charge in [0.15, 0.2) is 0 Å². The Morgan fingerprint density at radius 2 is 1.89 bits per heavy atom. The highest BCUT2D eigenvalue weighted by Crippen LogP contribution is 2.24. The van der Waals surface area contributed by atoms with E-state index in [-0.39, 0.29) is 0 Å². The van der Waals surface area contributed by atoms with E-state index in [1.807, 2.05) is 0 Å². The van der Waals surface area contributed by atoms with Crippen molar-refractivity contribution >= 4 is 0 Å². The number of nitrogens with zero attached hydrogens (tertiary/aromatic N) is 2. The van der Waals surface area contributed by atoms with Gasteiger partial charge in [-0.2, -0.15) is 0 Å². The Morgan fingerprint density at radius 1 is 1.05 bits per heavy atom. The molecule has 0 aliphatic carbocycles. The normalized spacial score (nSPS) is 35.2. The van der Waals surface area contributed by atoms with Gasteiger partial charge in [0.2, 0.25) is 0 Å². The first kappa shape index (κ1) is 13.8. The SMILES string of the molecule is NCC1CCN(C2CCN(CC3CCCO3)CC2)C1. The van der Waals surface area contributed by atoms with Crippen molar-refractivity contribution in [1.82, 2.24) is 9.80 Å². The number of rotatable bonds is 4. The molecule has 0 radical (unpaired) electrons. The second-order valence-corrected chi connectivity index (χ2v) is 6.55. The fourth-order valence-corrected chi connectivity index (χ4v) is 3.93. The van der Waals surface area contributed by atoms with Gasteiger partial charge in [0, 0.05) is 25.7 Å². The molecule has 110 valence electrons. The Bertz CT molecular complexity index is 273. The van der Waals surface area contributed by atoms with E-state index >= 15 is 0 Å². The lowest BCUT2D eigenvalue weighted by Crippen LogP contribution is -2.46. The minimum absolute atomic E-state index is 0.518. The van der Waals surface area contributed by atoms with Gasteiger partial charge >= 0.3 is 0 Å². The van der Waals surface area contributed by atoms with E-state index in [9.17, 15) is 0 Å². The van der Waals surface area contributed by atoms with Crippen LogP contribution in [0.5, 0.6) is 0 Å². The minimum atomic E-state index is 0.518. The average molecular weight is 267 g/mol. The second-order valence-electron chi connectivity index (χ2n) is 6.55. The zero-order chi connectivity index (χ0) is 13.1. The van der Waals surface area contributed by atoms with E-state index in [1.54, 1.807) is 0 Å². The van der Waals surface area contributed by atoms with Gasteiger partial charge in [0.1, 0.15) is 0 Å². The molecular formula is C15H29N3O. The van der Waals surface area contributed by atoms with E-state index in [1.165, 1.54) is 58.3 Å². The van der Waals surface area contributed by atoms with Crippen LogP contribution in [0, 0.1) is 5.92 Å². The molecule has 3 fully saturated rings. The first-order chi connectivity index (χ1) is 9.35. The summed E-state index contributed by atoms with van der Waals surface area (Å²) < 4.78 is 5.74. The fourth-order valence-electron chi connectivity index (χ4n) is 3.93. The summed E-state index contributed by atoms with van der Waals surface area (Å²) in [6.07, 6.45) is 7.03.